The Balaban J connectivity index is 1.65. The predicted molar refractivity (Wildman–Crippen MR) is 93.8 cm³/mol. The quantitative estimate of drug-likeness (QED) is 0.660. The summed E-state index contributed by atoms with van der Waals surface area (Å²) in [5, 5.41) is 7.87. The molecule has 1 aromatic heterocycles. The molecule has 0 bridgehead atoms. The number of aromatic amines is 1. The number of halogens is 4. The SMILES string of the molecule is O=C(c1ccc(F)c(F)c1F)N1CCc2[nH]nc(-c3ccc(Cl)cc3)c2C1. The Labute approximate surface area is 157 Å². The van der Waals surface area contributed by atoms with E-state index < -0.39 is 28.9 Å². The van der Waals surface area contributed by atoms with E-state index in [2.05, 4.69) is 10.2 Å². The molecule has 0 spiro atoms. The van der Waals surface area contributed by atoms with Crippen molar-refractivity contribution in [2.45, 2.75) is 13.0 Å². The van der Waals surface area contributed by atoms with Crippen molar-refractivity contribution >= 4 is 17.5 Å². The van der Waals surface area contributed by atoms with E-state index in [1.807, 2.05) is 12.1 Å². The molecule has 4 nitrogen and oxygen atoms in total. The minimum absolute atomic E-state index is 0.182. The van der Waals surface area contributed by atoms with E-state index in [4.69, 9.17) is 11.6 Å². The molecule has 4 rings (SSSR count). The molecule has 2 heterocycles. The average molecular weight is 392 g/mol. The summed E-state index contributed by atoms with van der Waals surface area (Å²) in [4.78, 5) is 14.1. The molecule has 1 amide bonds. The molecule has 1 aliphatic rings. The van der Waals surface area contributed by atoms with Gasteiger partial charge in [-0.1, -0.05) is 23.7 Å². The van der Waals surface area contributed by atoms with Gasteiger partial charge in [0.1, 0.15) is 0 Å². The standard InChI is InChI=1S/C19H13ClF3N3O/c20-11-3-1-10(2-4-11)18-13-9-26(8-7-15(13)24-25-18)19(27)12-5-6-14(21)17(23)16(12)22/h1-6H,7-9H2,(H,24,25). The summed E-state index contributed by atoms with van der Waals surface area (Å²) < 4.78 is 40.6. The molecule has 0 fully saturated rings. The van der Waals surface area contributed by atoms with E-state index in [1.165, 1.54) is 4.90 Å². The number of hydrogen-bond acceptors (Lipinski definition) is 2. The summed E-state index contributed by atoms with van der Waals surface area (Å²) in [6.07, 6.45) is 0.493. The van der Waals surface area contributed by atoms with Crippen LogP contribution in [-0.4, -0.2) is 27.5 Å². The highest BCUT2D eigenvalue weighted by Gasteiger charge is 2.29. The molecule has 0 atom stereocenters. The molecule has 1 N–H and O–H groups in total. The number of amides is 1. The van der Waals surface area contributed by atoms with E-state index in [0.717, 1.165) is 29.0 Å². The van der Waals surface area contributed by atoms with Gasteiger partial charge in [-0.25, -0.2) is 13.2 Å². The van der Waals surface area contributed by atoms with Crippen LogP contribution in [0.1, 0.15) is 21.6 Å². The zero-order chi connectivity index (χ0) is 19.1. The van der Waals surface area contributed by atoms with Gasteiger partial charge in [-0.3, -0.25) is 9.89 Å². The molecule has 1 aliphatic heterocycles. The maximum absolute atomic E-state index is 14.0. The second-order valence-electron chi connectivity index (χ2n) is 6.24. The molecule has 0 saturated heterocycles. The van der Waals surface area contributed by atoms with Crippen LogP contribution in [-0.2, 0) is 13.0 Å². The van der Waals surface area contributed by atoms with Crippen molar-refractivity contribution in [2.75, 3.05) is 6.54 Å². The summed E-state index contributed by atoms with van der Waals surface area (Å²) in [5.41, 5.74) is 2.69. The lowest BCUT2D eigenvalue weighted by atomic mass is 10.0. The highest BCUT2D eigenvalue weighted by molar-refractivity contribution is 6.30. The van der Waals surface area contributed by atoms with Gasteiger partial charge in [0.25, 0.3) is 5.91 Å². The van der Waals surface area contributed by atoms with Crippen molar-refractivity contribution in [3.05, 3.63) is 75.7 Å². The highest BCUT2D eigenvalue weighted by atomic mass is 35.5. The molecule has 138 valence electrons. The minimum atomic E-state index is -1.65. The van der Waals surface area contributed by atoms with Crippen molar-refractivity contribution < 1.29 is 18.0 Å². The van der Waals surface area contributed by atoms with Crippen molar-refractivity contribution in [2.24, 2.45) is 0 Å². The lowest BCUT2D eigenvalue weighted by Gasteiger charge is -2.27. The van der Waals surface area contributed by atoms with E-state index in [9.17, 15) is 18.0 Å². The van der Waals surface area contributed by atoms with Gasteiger partial charge >= 0.3 is 0 Å². The molecule has 27 heavy (non-hydrogen) atoms. The number of rotatable bonds is 2. The number of fused-ring (bicyclic) bond motifs is 1. The Kier molecular flexibility index (Phi) is 4.39. The largest absolute Gasteiger partial charge is 0.334 e. The van der Waals surface area contributed by atoms with Gasteiger partial charge in [-0.05, 0) is 24.3 Å². The first-order chi connectivity index (χ1) is 13.0. The smallest absolute Gasteiger partial charge is 0.257 e. The number of aromatic nitrogens is 2. The monoisotopic (exact) mass is 391 g/mol. The first kappa shape index (κ1) is 17.6. The molecule has 2 aromatic carbocycles. The topological polar surface area (TPSA) is 49.0 Å². The molecule has 3 aromatic rings. The number of hydrogen-bond donors (Lipinski definition) is 1. The predicted octanol–water partition coefficient (Wildman–Crippen LogP) is 4.35. The molecule has 0 aliphatic carbocycles. The molecule has 0 radical (unpaired) electrons. The first-order valence-electron chi connectivity index (χ1n) is 8.20. The Bertz CT molecular complexity index is 1030. The molecular weight excluding hydrogens is 379 g/mol. The Morgan fingerprint density at radius 3 is 2.56 bits per heavy atom. The molecular formula is C19H13ClF3N3O. The van der Waals surface area contributed by atoms with Gasteiger partial charge in [0, 0.05) is 41.4 Å². The minimum Gasteiger partial charge on any atom is -0.334 e. The highest BCUT2D eigenvalue weighted by Crippen LogP contribution is 2.30. The van der Waals surface area contributed by atoms with Gasteiger partial charge in [-0.2, -0.15) is 5.10 Å². The number of benzene rings is 2. The maximum atomic E-state index is 14.0. The van der Waals surface area contributed by atoms with E-state index >= 15 is 0 Å². The van der Waals surface area contributed by atoms with Crippen molar-refractivity contribution in [3.63, 3.8) is 0 Å². The van der Waals surface area contributed by atoms with Crippen molar-refractivity contribution in [1.82, 2.24) is 15.1 Å². The van der Waals surface area contributed by atoms with Crippen LogP contribution >= 0.6 is 11.6 Å². The Morgan fingerprint density at radius 1 is 1.07 bits per heavy atom. The lowest BCUT2D eigenvalue weighted by Crippen LogP contribution is -2.36. The van der Waals surface area contributed by atoms with Gasteiger partial charge in [0.05, 0.1) is 11.3 Å². The average Bonchev–Trinajstić information content (AvgIpc) is 3.09. The molecule has 0 saturated carbocycles. The van der Waals surface area contributed by atoms with Crippen LogP contribution in [0, 0.1) is 17.5 Å². The van der Waals surface area contributed by atoms with Crippen LogP contribution < -0.4 is 0 Å². The number of nitrogens with one attached hydrogen (secondary N) is 1. The molecule has 0 unspecified atom stereocenters. The summed E-state index contributed by atoms with van der Waals surface area (Å²) in [5.74, 6) is -5.15. The number of carbonyl (C=O) groups excluding carboxylic acids is 1. The maximum Gasteiger partial charge on any atom is 0.257 e. The van der Waals surface area contributed by atoms with Gasteiger partial charge in [-0.15, -0.1) is 0 Å². The molecule has 8 heteroatoms. The van der Waals surface area contributed by atoms with Crippen LogP contribution in [0.2, 0.25) is 5.02 Å². The number of nitrogens with zero attached hydrogens (tertiary/aromatic N) is 2. The second kappa shape index (κ2) is 6.74. The van der Waals surface area contributed by atoms with Crippen LogP contribution in [0.15, 0.2) is 36.4 Å². The Hall–Kier alpha value is -2.80. The lowest BCUT2D eigenvalue weighted by molar-refractivity contribution is 0.0728. The van der Waals surface area contributed by atoms with Gasteiger partial charge < -0.3 is 4.90 Å². The van der Waals surface area contributed by atoms with Crippen LogP contribution in [0.4, 0.5) is 13.2 Å². The fourth-order valence-electron chi connectivity index (χ4n) is 3.18. The zero-order valence-electron chi connectivity index (χ0n) is 13.9. The zero-order valence-corrected chi connectivity index (χ0v) is 14.7. The van der Waals surface area contributed by atoms with E-state index in [0.29, 0.717) is 23.7 Å². The van der Waals surface area contributed by atoms with E-state index in [1.54, 1.807) is 12.1 Å². The van der Waals surface area contributed by atoms with Crippen molar-refractivity contribution in [1.29, 1.82) is 0 Å². The third-order valence-electron chi connectivity index (χ3n) is 4.60. The fourth-order valence-corrected chi connectivity index (χ4v) is 3.30. The summed E-state index contributed by atoms with van der Waals surface area (Å²) in [6.45, 7) is 0.494. The third-order valence-corrected chi connectivity index (χ3v) is 4.86. The van der Waals surface area contributed by atoms with Gasteiger partial charge in [0.2, 0.25) is 0 Å². The second-order valence-corrected chi connectivity index (χ2v) is 6.67. The normalized spacial score (nSPS) is 13.6. The summed E-state index contributed by atoms with van der Waals surface area (Å²) in [6, 6.07) is 8.81. The number of carbonyl (C=O) groups is 1. The van der Waals surface area contributed by atoms with E-state index in [-0.39, 0.29) is 6.54 Å². The van der Waals surface area contributed by atoms with Gasteiger partial charge in [0.15, 0.2) is 17.5 Å². The summed E-state index contributed by atoms with van der Waals surface area (Å²) in [7, 11) is 0. The Morgan fingerprint density at radius 2 is 1.81 bits per heavy atom. The fraction of sp³-hybridized carbons (Fsp3) is 0.158. The number of H-pyrrole nitrogens is 1. The van der Waals surface area contributed by atoms with Crippen LogP contribution in [0.3, 0.4) is 0 Å². The first-order valence-corrected chi connectivity index (χ1v) is 8.58. The van der Waals surface area contributed by atoms with Crippen LogP contribution in [0.5, 0.6) is 0 Å². The summed E-state index contributed by atoms with van der Waals surface area (Å²) >= 11 is 5.91. The van der Waals surface area contributed by atoms with Crippen molar-refractivity contribution in [3.8, 4) is 11.3 Å². The van der Waals surface area contributed by atoms with Crippen LogP contribution in [0.25, 0.3) is 11.3 Å². The third kappa shape index (κ3) is 3.08.